The van der Waals surface area contributed by atoms with Gasteiger partial charge in [-0.1, -0.05) is 12.1 Å². The van der Waals surface area contributed by atoms with Crippen LogP contribution in [0.5, 0.6) is 0 Å². The van der Waals surface area contributed by atoms with Gasteiger partial charge in [-0.3, -0.25) is 9.79 Å². The van der Waals surface area contributed by atoms with Crippen molar-refractivity contribution in [2.75, 3.05) is 38.3 Å². The number of halogens is 1. The minimum absolute atomic E-state index is 0. The van der Waals surface area contributed by atoms with Gasteiger partial charge in [0, 0.05) is 52.0 Å². The molecule has 28 heavy (non-hydrogen) atoms. The summed E-state index contributed by atoms with van der Waals surface area (Å²) in [4.78, 5) is 18.0. The van der Waals surface area contributed by atoms with E-state index in [1.54, 1.807) is 7.05 Å². The van der Waals surface area contributed by atoms with Gasteiger partial charge in [0.15, 0.2) is 5.96 Å². The van der Waals surface area contributed by atoms with Crippen molar-refractivity contribution >= 4 is 41.5 Å². The highest BCUT2D eigenvalue weighted by atomic mass is 127. The zero-order chi connectivity index (χ0) is 19.1. The molecule has 1 saturated carbocycles. The molecule has 0 unspecified atom stereocenters. The highest BCUT2D eigenvalue weighted by molar-refractivity contribution is 14.0. The highest BCUT2D eigenvalue weighted by Crippen LogP contribution is 2.48. The largest absolute Gasteiger partial charge is 0.382 e. The molecule has 2 aliphatic rings. The van der Waals surface area contributed by atoms with Crippen LogP contribution in [-0.2, 0) is 16.1 Å². The molecule has 1 aliphatic carbocycles. The van der Waals surface area contributed by atoms with Crippen molar-refractivity contribution in [1.82, 2.24) is 10.6 Å². The zero-order valence-corrected chi connectivity index (χ0v) is 19.3. The third-order valence-electron chi connectivity index (χ3n) is 5.57. The van der Waals surface area contributed by atoms with E-state index in [0.29, 0.717) is 18.4 Å². The van der Waals surface area contributed by atoms with Gasteiger partial charge in [-0.2, -0.15) is 0 Å². The molecule has 1 heterocycles. The molecule has 0 atom stereocenters. The Labute approximate surface area is 185 Å². The van der Waals surface area contributed by atoms with Gasteiger partial charge in [0.25, 0.3) is 0 Å². The Balaban J connectivity index is 0.00000280. The van der Waals surface area contributed by atoms with E-state index in [9.17, 15) is 4.79 Å². The summed E-state index contributed by atoms with van der Waals surface area (Å²) in [6, 6.07) is 8.21. The van der Waals surface area contributed by atoms with E-state index in [2.05, 4.69) is 27.8 Å². The Morgan fingerprint density at radius 2 is 2.00 bits per heavy atom. The van der Waals surface area contributed by atoms with Gasteiger partial charge in [-0.15, -0.1) is 24.0 Å². The number of hydrogen-bond acceptors (Lipinski definition) is 3. The van der Waals surface area contributed by atoms with Crippen LogP contribution in [0.4, 0.5) is 5.69 Å². The molecule has 1 aromatic carbocycles. The van der Waals surface area contributed by atoms with Crippen LogP contribution in [0.25, 0.3) is 0 Å². The molecular formula is C21H33IN4O2. The SMILES string of the molecule is CCOCCC1(CNC(=NC)NCc2ccc(N3CCCC3=O)cc2)CC1.I. The number of carbonyl (C=O) groups is 1. The van der Waals surface area contributed by atoms with E-state index in [1.165, 1.54) is 18.4 Å². The molecule has 0 aromatic heterocycles. The number of aliphatic imine (C=N–C) groups is 1. The number of guanidine groups is 1. The first kappa shape index (κ1) is 22.9. The molecule has 1 amide bonds. The predicted octanol–water partition coefficient (Wildman–Crippen LogP) is 3.30. The lowest BCUT2D eigenvalue weighted by Crippen LogP contribution is -2.40. The van der Waals surface area contributed by atoms with Crippen LogP contribution in [0.1, 0.15) is 44.6 Å². The van der Waals surface area contributed by atoms with E-state index in [4.69, 9.17) is 4.74 Å². The van der Waals surface area contributed by atoms with E-state index < -0.39 is 0 Å². The van der Waals surface area contributed by atoms with Crippen LogP contribution in [0.3, 0.4) is 0 Å². The summed E-state index contributed by atoms with van der Waals surface area (Å²) in [6.07, 6.45) is 5.26. The minimum Gasteiger partial charge on any atom is -0.382 e. The fourth-order valence-corrected chi connectivity index (χ4v) is 3.52. The van der Waals surface area contributed by atoms with Crippen molar-refractivity contribution in [2.45, 2.75) is 45.6 Å². The Morgan fingerprint density at radius 1 is 1.25 bits per heavy atom. The summed E-state index contributed by atoms with van der Waals surface area (Å²) in [5, 5.41) is 6.84. The molecule has 1 aromatic rings. The first-order chi connectivity index (χ1) is 13.2. The summed E-state index contributed by atoms with van der Waals surface area (Å²) >= 11 is 0. The molecule has 3 rings (SSSR count). The van der Waals surface area contributed by atoms with Crippen molar-refractivity contribution in [3.05, 3.63) is 29.8 Å². The van der Waals surface area contributed by atoms with E-state index in [-0.39, 0.29) is 29.9 Å². The molecule has 1 aliphatic heterocycles. The maximum absolute atomic E-state index is 11.8. The molecule has 2 fully saturated rings. The number of ether oxygens (including phenoxy) is 1. The Kier molecular flexibility index (Phi) is 9.01. The Morgan fingerprint density at radius 3 is 2.57 bits per heavy atom. The smallest absolute Gasteiger partial charge is 0.227 e. The summed E-state index contributed by atoms with van der Waals surface area (Å²) < 4.78 is 5.50. The van der Waals surface area contributed by atoms with Crippen LogP contribution in [-0.4, -0.2) is 45.2 Å². The second-order valence-electron chi connectivity index (χ2n) is 7.54. The predicted molar refractivity (Wildman–Crippen MR) is 124 cm³/mol. The van der Waals surface area contributed by atoms with Gasteiger partial charge in [-0.25, -0.2) is 0 Å². The molecular weight excluding hydrogens is 467 g/mol. The monoisotopic (exact) mass is 500 g/mol. The van der Waals surface area contributed by atoms with Crippen molar-refractivity contribution in [3.63, 3.8) is 0 Å². The normalized spacial score (nSPS) is 18.0. The third-order valence-corrected chi connectivity index (χ3v) is 5.57. The average molecular weight is 500 g/mol. The van der Waals surface area contributed by atoms with Crippen LogP contribution >= 0.6 is 24.0 Å². The van der Waals surface area contributed by atoms with Crippen molar-refractivity contribution in [3.8, 4) is 0 Å². The first-order valence-corrected chi connectivity index (χ1v) is 10.1. The lowest BCUT2D eigenvalue weighted by molar-refractivity contribution is -0.117. The van der Waals surface area contributed by atoms with Gasteiger partial charge >= 0.3 is 0 Å². The van der Waals surface area contributed by atoms with E-state index in [1.807, 2.05) is 24.0 Å². The quantitative estimate of drug-likeness (QED) is 0.237. The maximum atomic E-state index is 11.8. The minimum atomic E-state index is 0. The first-order valence-electron chi connectivity index (χ1n) is 10.1. The number of benzene rings is 1. The second kappa shape index (κ2) is 11.0. The lowest BCUT2D eigenvalue weighted by atomic mass is 10.0. The van der Waals surface area contributed by atoms with E-state index in [0.717, 1.165) is 50.8 Å². The van der Waals surface area contributed by atoms with Crippen molar-refractivity contribution in [1.29, 1.82) is 0 Å². The Bertz CT molecular complexity index is 659. The summed E-state index contributed by atoms with van der Waals surface area (Å²) in [5.41, 5.74) is 2.55. The van der Waals surface area contributed by atoms with Crippen molar-refractivity contribution in [2.24, 2.45) is 10.4 Å². The van der Waals surface area contributed by atoms with Gasteiger partial charge in [-0.05, 0) is 55.7 Å². The molecule has 7 heteroatoms. The standard InChI is InChI=1S/C21H32N4O2.HI/c1-3-27-14-12-21(10-11-21)16-24-20(22-2)23-15-17-6-8-18(9-7-17)25-13-4-5-19(25)26;/h6-9H,3-5,10-16H2,1-2H3,(H2,22,23,24);1H. The topological polar surface area (TPSA) is 66.0 Å². The fourth-order valence-electron chi connectivity index (χ4n) is 3.52. The van der Waals surface area contributed by atoms with Crippen LogP contribution in [0.15, 0.2) is 29.3 Å². The molecule has 1 saturated heterocycles. The van der Waals surface area contributed by atoms with Crippen LogP contribution < -0.4 is 15.5 Å². The van der Waals surface area contributed by atoms with Gasteiger partial charge in [0.1, 0.15) is 0 Å². The van der Waals surface area contributed by atoms with Gasteiger partial charge in [0.2, 0.25) is 5.91 Å². The molecule has 156 valence electrons. The number of carbonyl (C=O) groups excluding carboxylic acids is 1. The molecule has 0 radical (unpaired) electrons. The summed E-state index contributed by atoms with van der Waals surface area (Å²) in [6.45, 7) is 6.15. The number of nitrogens with one attached hydrogen (secondary N) is 2. The van der Waals surface area contributed by atoms with Crippen molar-refractivity contribution < 1.29 is 9.53 Å². The Hall–Kier alpha value is -1.35. The number of rotatable bonds is 9. The number of anilines is 1. The maximum Gasteiger partial charge on any atom is 0.227 e. The van der Waals surface area contributed by atoms with Gasteiger partial charge in [0.05, 0.1) is 0 Å². The van der Waals surface area contributed by atoms with Crippen LogP contribution in [0, 0.1) is 5.41 Å². The lowest BCUT2D eigenvalue weighted by Gasteiger charge is -2.19. The number of hydrogen-bond donors (Lipinski definition) is 2. The van der Waals surface area contributed by atoms with Gasteiger partial charge < -0.3 is 20.3 Å². The third kappa shape index (κ3) is 6.34. The zero-order valence-electron chi connectivity index (χ0n) is 17.0. The molecule has 2 N–H and O–H groups in total. The number of nitrogens with zero attached hydrogens (tertiary/aromatic N) is 2. The molecule has 0 spiro atoms. The number of amides is 1. The van der Waals surface area contributed by atoms with Crippen LogP contribution in [0.2, 0.25) is 0 Å². The highest BCUT2D eigenvalue weighted by Gasteiger charge is 2.41. The summed E-state index contributed by atoms with van der Waals surface area (Å²) in [7, 11) is 1.80. The fraction of sp³-hybridized carbons (Fsp3) is 0.619. The average Bonchev–Trinajstić information content (AvgIpc) is 3.33. The molecule has 0 bridgehead atoms. The molecule has 6 nitrogen and oxygen atoms in total. The van der Waals surface area contributed by atoms with E-state index >= 15 is 0 Å². The second-order valence-corrected chi connectivity index (χ2v) is 7.54. The summed E-state index contributed by atoms with van der Waals surface area (Å²) in [5.74, 6) is 1.06.